The number of aromatic amines is 1. The van der Waals surface area contributed by atoms with E-state index in [-0.39, 0.29) is 11.9 Å². The van der Waals surface area contributed by atoms with Gasteiger partial charge < -0.3 is 4.90 Å². The van der Waals surface area contributed by atoms with Crippen molar-refractivity contribution < 1.29 is 4.79 Å². The minimum absolute atomic E-state index is 0.0224. The highest BCUT2D eigenvalue weighted by Crippen LogP contribution is 2.37. The second-order valence-corrected chi connectivity index (χ2v) is 7.30. The molecule has 0 aliphatic carbocycles. The topological polar surface area (TPSA) is 79.7 Å². The molecule has 3 heterocycles. The second-order valence-electron chi connectivity index (χ2n) is 7.30. The summed E-state index contributed by atoms with van der Waals surface area (Å²) >= 11 is 0. The van der Waals surface area contributed by atoms with Gasteiger partial charge in [-0.2, -0.15) is 5.10 Å². The molecule has 0 fully saturated rings. The number of hydrogen-bond donors (Lipinski definition) is 1. The number of amides is 1. The van der Waals surface area contributed by atoms with E-state index in [2.05, 4.69) is 33.5 Å². The van der Waals surface area contributed by atoms with Crippen LogP contribution in [0, 0.1) is 6.92 Å². The van der Waals surface area contributed by atoms with Crippen LogP contribution in [0.1, 0.15) is 38.8 Å². The lowest BCUT2D eigenvalue weighted by Gasteiger charge is -2.26. The highest BCUT2D eigenvalue weighted by Gasteiger charge is 2.37. The van der Waals surface area contributed by atoms with Crippen LogP contribution in [-0.4, -0.2) is 36.0 Å². The van der Waals surface area contributed by atoms with Gasteiger partial charge in [0.15, 0.2) is 0 Å². The zero-order valence-electron chi connectivity index (χ0n) is 15.8. The Kier molecular flexibility index (Phi) is 3.75. The fraction of sp³-hybridized carbons (Fsp3) is 0.238. The van der Waals surface area contributed by atoms with Crippen LogP contribution >= 0.6 is 0 Å². The van der Waals surface area contributed by atoms with Crippen LogP contribution in [0.5, 0.6) is 0 Å². The second kappa shape index (κ2) is 6.30. The summed E-state index contributed by atoms with van der Waals surface area (Å²) in [6.07, 6.45) is 2.61. The molecule has 2 aromatic carbocycles. The van der Waals surface area contributed by atoms with Gasteiger partial charge in [-0.05, 0) is 41.8 Å². The minimum Gasteiger partial charge on any atom is -0.327 e. The van der Waals surface area contributed by atoms with Gasteiger partial charge in [0.25, 0.3) is 5.91 Å². The molecule has 1 amide bonds. The Morgan fingerprint density at radius 2 is 2.04 bits per heavy atom. The molecule has 0 saturated heterocycles. The van der Waals surface area contributed by atoms with Gasteiger partial charge in [0.05, 0.1) is 17.8 Å². The van der Waals surface area contributed by atoms with E-state index in [4.69, 9.17) is 0 Å². The first-order chi connectivity index (χ1) is 13.6. The van der Waals surface area contributed by atoms with Crippen LogP contribution in [0.15, 0.2) is 48.7 Å². The van der Waals surface area contributed by atoms with E-state index in [0.717, 1.165) is 45.4 Å². The molecule has 4 aromatic rings. The number of carbonyl (C=O) groups excluding carboxylic acids is 1. The largest absolute Gasteiger partial charge is 0.327 e. The predicted octanol–water partition coefficient (Wildman–Crippen LogP) is 2.94. The van der Waals surface area contributed by atoms with Crippen molar-refractivity contribution in [3.05, 3.63) is 76.6 Å². The Balaban J connectivity index is 1.53. The molecule has 1 atom stereocenters. The van der Waals surface area contributed by atoms with Crippen molar-refractivity contribution in [2.75, 3.05) is 0 Å². The molecule has 0 bridgehead atoms. The lowest BCUT2D eigenvalue weighted by atomic mass is 9.99. The standard InChI is InChI=1S/C21H20N6O/c1-13-11-22-26(2)19(13)10-20-15-5-3-4-6-16(15)21(28)27(20)12-14-7-8-17-18(9-14)24-25-23-17/h3-9,11,20H,10,12H2,1-2H3,(H,23,24,25). The third-order valence-electron chi connectivity index (χ3n) is 5.59. The fourth-order valence-electron chi connectivity index (χ4n) is 4.08. The summed E-state index contributed by atoms with van der Waals surface area (Å²) in [5.74, 6) is 0.0701. The quantitative estimate of drug-likeness (QED) is 0.597. The molecule has 1 aliphatic heterocycles. The maximum absolute atomic E-state index is 13.2. The highest BCUT2D eigenvalue weighted by molar-refractivity contribution is 5.99. The maximum Gasteiger partial charge on any atom is 0.255 e. The zero-order valence-corrected chi connectivity index (χ0v) is 15.8. The normalized spacial score (nSPS) is 16.1. The van der Waals surface area contributed by atoms with E-state index in [1.54, 1.807) is 0 Å². The lowest BCUT2D eigenvalue weighted by Crippen LogP contribution is -2.29. The van der Waals surface area contributed by atoms with Crippen LogP contribution in [0.3, 0.4) is 0 Å². The average Bonchev–Trinajstić information content (AvgIpc) is 3.37. The maximum atomic E-state index is 13.2. The number of fused-ring (bicyclic) bond motifs is 2. The van der Waals surface area contributed by atoms with Gasteiger partial charge in [0.2, 0.25) is 0 Å². The van der Waals surface area contributed by atoms with Crippen LogP contribution in [0.2, 0.25) is 0 Å². The van der Waals surface area contributed by atoms with E-state index in [1.807, 2.05) is 59.2 Å². The third-order valence-corrected chi connectivity index (χ3v) is 5.59. The number of carbonyl (C=O) groups is 1. The smallest absolute Gasteiger partial charge is 0.255 e. The number of rotatable bonds is 4. The highest BCUT2D eigenvalue weighted by atomic mass is 16.2. The lowest BCUT2D eigenvalue weighted by molar-refractivity contribution is 0.0707. The van der Waals surface area contributed by atoms with Crippen molar-refractivity contribution in [2.24, 2.45) is 7.05 Å². The molecule has 2 aromatic heterocycles. The van der Waals surface area contributed by atoms with Crippen molar-refractivity contribution >= 4 is 16.9 Å². The zero-order chi connectivity index (χ0) is 19.3. The number of nitrogens with zero attached hydrogens (tertiary/aromatic N) is 5. The Bertz CT molecular complexity index is 1170. The summed E-state index contributed by atoms with van der Waals surface area (Å²) < 4.78 is 1.90. The molecule has 0 radical (unpaired) electrons. The van der Waals surface area contributed by atoms with Crippen LogP contribution < -0.4 is 0 Å². The molecule has 7 heteroatoms. The third kappa shape index (κ3) is 2.58. The first-order valence-electron chi connectivity index (χ1n) is 9.29. The summed E-state index contributed by atoms with van der Waals surface area (Å²) in [5, 5.41) is 15.2. The number of benzene rings is 2. The Morgan fingerprint density at radius 1 is 1.18 bits per heavy atom. The van der Waals surface area contributed by atoms with E-state index in [9.17, 15) is 4.79 Å². The Labute approximate surface area is 162 Å². The van der Waals surface area contributed by atoms with Gasteiger partial charge in [-0.3, -0.25) is 14.6 Å². The van der Waals surface area contributed by atoms with Gasteiger partial charge in [0, 0.05) is 31.3 Å². The van der Waals surface area contributed by atoms with Crippen molar-refractivity contribution in [2.45, 2.75) is 25.9 Å². The molecule has 140 valence electrons. The SMILES string of the molecule is Cc1cnn(C)c1CC1c2ccccc2C(=O)N1Cc1ccc2[nH]nnc2c1. The van der Waals surface area contributed by atoms with Crippen LogP contribution in [0.25, 0.3) is 11.0 Å². The van der Waals surface area contributed by atoms with E-state index < -0.39 is 0 Å². The van der Waals surface area contributed by atoms with Crippen molar-refractivity contribution in [3.63, 3.8) is 0 Å². The molecule has 28 heavy (non-hydrogen) atoms. The molecule has 1 N–H and O–H groups in total. The summed E-state index contributed by atoms with van der Waals surface area (Å²) in [4.78, 5) is 15.1. The van der Waals surface area contributed by atoms with Crippen molar-refractivity contribution in [3.8, 4) is 0 Å². The minimum atomic E-state index is -0.0224. The molecule has 1 unspecified atom stereocenters. The summed E-state index contributed by atoms with van der Waals surface area (Å²) in [6, 6.07) is 13.8. The molecular weight excluding hydrogens is 352 g/mol. The van der Waals surface area contributed by atoms with Gasteiger partial charge in [-0.25, -0.2) is 0 Å². The van der Waals surface area contributed by atoms with Crippen molar-refractivity contribution in [1.29, 1.82) is 0 Å². The first-order valence-corrected chi connectivity index (χ1v) is 9.29. The monoisotopic (exact) mass is 372 g/mol. The summed E-state index contributed by atoms with van der Waals surface area (Å²) in [7, 11) is 1.95. The van der Waals surface area contributed by atoms with Gasteiger partial charge in [-0.15, -0.1) is 5.10 Å². The van der Waals surface area contributed by atoms with Gasteiger partial charge in [0.1, 0.15) is 5.52 Å². The summed E-state index contributed by atoms with van der Waals surface area (Å²) in [5.41, 5.74) is 6.89. The number of aryl methyl sites for hydroxylation is 2. The number of aromatic nitrogens is 5. The van der Waals surface area contributed by atoms with E-state index >= 15 is 0 Å². The Hall–Kier alpha value is -3.48. The molecule has 1 aliphatic rings. The first kappa shape index (κ1) is 16.7. The molecule has 7 nitrogen and oxygen atoms in total. The number of H-pyrrole nitrogens is 1. The molecule has 5 rings (SSSR count). The predicted molar refractivity (Wildman–Crippen MR) is 105 cm³/mol. The molecule has 0 spiro atoms. The van der Waals surface area contributed by atoms with E-state index in [0.29, 0.717) is 6.54 Å². The molecular formula is C21H20N6O. The fourth-order valence-corrected chi connectivity index (χ4v) is 4.08. The van der Waals surface area contributed by atoms with Crippen LogP contribution in [0.4, 0.5) is 0 Å². The van der Waals surface area contributed by atoms with E-state index in [1.165, 1.54) is 0 Å². The summed E-state index contributed by atoms with van der Waals surface area (Å²) in [6.45, 7) is 2.59. The molecule has 0 saturated carbocycles. The van der Waals surface area contributed by atoms with Gasteiger partial charge in [-0.1, -0.05) is 29.5 Å². The van der Waals surface area contributed by atoms with Crippen molar-refractivity contribution in [1.82, 2.24) is 30.1 Å². The van der Waals surface area contributed by atoms with Gasteiger partial charge >= 0.3 is 0 Å². The average molecular weight is 372 g/mol. The van der Waals surface area contributed by atoms with Crippen LogP contribution in [-0.2, 0) is 20.0 Å². The Morgan fingerprint density at radius 3 is 2.86 bits per heavy atom. The number of hydrogen-bond acceptors (Lipinski definition) is 4. The number of nitrogens with one attached hydrogen (secondary N) is 1.